The van der Waals surface area contributed by atoms with Gasteiger partial charge in [-0.15, -0.1) is 0 Å². The lowest BCUT2D eigenvalue weighted by Crippen LogP contribution is -2.22. The zero-order chi connectivity index (χ0) is 11.7. The van der Waals surface area contributed by atoms with E-state index >= 15 is 0 Å². The lowest BCUT2D eigenvalue weighted by molar-refractivity contribution is 0.556. The fraction of sp³-hybridized carbons (Fsp3) is 0.364. The highest BCUT2D eigenvalue weighted by Gasteiger charge is 2.19. The molecule has 0 amide bonds. The summed E-state index contributed by atoms with van der Waals surface area (Å²) in [7, 11) is 7.78. The second-order valence-electron chi connectivity index (χ2n) is 4.06. The standard InChI is InChI=1S/C11H17N4P/c1-13(2)16(14(3)4)15-11-8-6-5-7-10(11)9-12-15/h5-9H,1-4H3. The van der Waals surface area contributed by atoms with Crippen LogP contribution in [0.3, 0.4) is 0 Å². The molecule has 0 saturated heterocycles. The first kappa shape index (κ1) is 11.5. The van der Waals surface area contributed by atoms with E-state index in [1.807, 2.05) is 12.3 Å². The Morgan fingerprint density at radius 1 is 1.06 bits per heavy atom. The molecule has 0 unspecified atom stereocenters. The van der Waals surface area contributed by atoms with Crippen LogP contribution in [-0.4, -0.2) is 47.1 Å². The molecule has 1 aromatic heterocycles. The Morgan fingerprint density at radius 3 is 2.31 bits per heavy atom. The van der Waals surface area contributed by atoms with E-state index in [9.17, 15) is 0 Å². The molecule has 0 bridgehead atoms. The van der Waals surface area contributed by atoms with Crippen molar-refractivity contribution in [3.8, 4) is 0 Å². The molecule has 1 heterocycles. The van der Waals surface area contributed by atoms with Crippen LogP contribution < -0.4 is 0 Å². The molecule has 0 N–H and O–H groups in total. The van der Waals surface area contributed by atoms with Crippen LogP contribution in [0.4, 0.5) is 0 Å². The third-order valence-corrected chi connectivity index (χ3v) is 4.43. The summed E-state index contributed by atoms with van der Waals surface area (Å²) in [6.45, 7) is 0. The second kappa shape index (κ2) is 4.50. The van der Waals surface area contributed by atoms with E-state index in [0.29, 0.717) is 0 Å². The van der Waals surface area contributed by atoms with Crippen LogP contribution in [0.5, 0.6) is 0 Å². The molecule has 5 heteroatoms. The second-order valence-corrected chi connectivity index (χ2v) is 6.57. The lowest BCUT2D eigenvalue weighted by atomic mass is 10.3. The Bertz CT molecular complexity index is 470. The van der Waals surface area contributed by atoms with Gasteiger partial charge in [0.2, 0.25) is 0 Å². The molecule has 0 radical (unpaired) electrons. The first-order chi connectivity index (χ1) is 7.61. The van der Waals surface area contributed by atoms with Crippen molar-refractivity contribution in [2.75, 3.05) is 28.2 Å². The van der Waals surface area contributed by atoms with Gasteiger partial charge >= 0.3 is 0 Å². The Balaban J connectivity index is 2.53. The van der Waals surface area contributed by atoms with Gasteiger partial charge in [0.15, 0.2) is 8.37 Å². The van der Waals surface area contributed by atoms with Crippen LogP contribution in [0.25, 0.3) is 10.9 Å². The van der Waals surface area contributed by atoms with Crippen molar-refractivity contribution in [2.45, 2.75) is 0 Å². The molecule has 2 rings (SSSR count). The number of rotatable bonds is 3. The number of aromatic nitrogens is 2. The number of hydrogen-bond acceptors (Lipinski definition) is 3. The third kappa shape index (κ3) is 1.96. The van der Waals surface area contributed by atoms with Gasteiger partial charge in [-0.05, 0) is 34.3 Å². The van der Waals surface area contributed by atoms with Crippen molar-refractivity contribution in [3.63, 3.8) is 0 Å². The van der Waals surface area contributed by atoms with Gasteiger partial charge < -0.3 is 0 Å². The lowest BCUT2D eigenvalue weighted by Gasteiger charge is -2.29. The minimum Gasteiger partial charge on any atom is -0.257 e. The first-order valence-electron chi connectivity index (χ1n) is 5.19. The van der Waals surface area contributed by atoms with Crippen molar-refractivity contribution in [3.05, 3.63) is 30.5 Å². The van der Waals surface area contributed by atoms with Gasteiger partial charge in [0.1, 0.15) is 0 Å². The highest BCUT2D eigenvalue weighted by molar-refractivity contribution is 7.51. The fourth-order valence-electron chi connectivity index (χ4n) is 1.80. The van der Waals surface area contributed by atoms with Crippen molar-refractivity contribution >= 4 is 19.3 Å². The molecule has 0 aliphatic carbocycles. The van der Waals surface area contributed by atoms with Crippen LogP contribution >= 0.6 is 8.37 Å². The van der Waals surface area contributed by atoms with Crippen molar-refractivity contribution in [1.82, 2.24) is 18.9 Å². The van der Waals surface area contributed by atoms with E-state index in [-0.39, 0.29) is 0 Å². The first-order valence-corrected chi connectivity index (χ1v) is 6.39. The average molecular weight is 236 g/mol. The summed E-state index contributed by atoms with van der Waals surface area (Å²) in [5.74, 6) is 0. The average Bonchev–Trinajstić information content (AvgIpc) is 2.61. The van der Waals surface area contributed by atoms with Gasteiger partial charge in [-0.25, -0.2) is 4.45 Å². The van der Waals surface area contributed by atoms with Crippen LogP contribution in [0.15, 0.2) is 30.5 Å². The molecular formula is C11H17N4P. The third-order valence-electron chi connectivity index (χ3n) is 2.34. The maximum absolute atomic E-state index is 4.50. The topological polar surface area (TPSA) is 24.3 Å². The molecule has 0 fully saturated rings. The minimum absolute atomic E-state index is 0.564. The predicted octanol–water partition coefficient (Wildman–Crippen LogP) is 2.23. The quantitative estimate of drug-likeness (QED) is 0.764. The van der Waals surface area contributed by atoms with Crippen LogP contribution in [-0.2, 0) is 0 Å². The molecule has 0 aliphatic rings. The highest BCUT2D eigenvalue weighted by atomic mass is 31.2. The minimum atomic E-state index is -0.564. The molecule has 86 valence electrons. The van der Waals surface area contributed by atoms with Crippen molar-refractivity contribution < 1.29 is 0 Å². The number of para-hydroxylation sites is 1. The smallest absolute Gasteiger partial charge is 0.170 e. The van der Waals surface area contributed by atoms with E-state index in [1.54, 1.807) is 0 Å². The summed E-state index contributed by atoms with van der Waals surface area (Å²) in [6, 6.07) is 8.31. The van der Waals surface area contributed by atoms with E-state index in [1.165, 1.54) is 10.9 Å². The SMILES string of the molecule is CN(C)P(N(C)C)n1ncc2ccccc21. The summed E-state index contributed by atoms with van der Waals surface area (Å²) in [6.07, 6.45) is 1.93. The van der Waals surface area contributed by atoms with Crippen LogP contribution in [0.1, 0.15) is 0 Å². The number of hydrogen-bond donors (Lipinski definition) is 0. The molecule has 0 saturated carbocycles. The Morgan fingerprint density at radius 2 is 1.69 bits per heavy atom. The molecule has 0 aliphatic heterocycles. The maximum atomic E-state index is 4.50. The van der Waals surface area contributed by atoms with Gasteiger partial charge in [-0.2, -0.15) is 5.10 Å². The Hall–Kier alpha value is -0.960. The summed E-state index contributed by atoms with van der Waals surface area (Å²) < 4.78 is 6.51. The van der Waals surface area contributed by atoms with E-state index in [2.05, 4.69) is 65.3 Å². The largest absolute Gasteiger partial charge is 0.257 e. The summed E-state index contributed by atoms with van der Waals surface area (Å²) in [4.78, 5) is 0. The number of nitrogens with zero attached hydrogens (tertiary/aromatic N) is 4. The Kier molecular flexibility index (Phi) is 3.24. The maximum Gasteiger partial charge on any atom is 0.170 e. The van der Waals surface area contributed by atoms with Gasteiger partial charge in [-0.1, -0.05) is 18.2 Å². The summed E-state index contributed by atoms with van der Waals surface area (Å²) in [5, 5.41) is 5.69. The summed E-state index contributed by atoms with van der Waals surface area (Å²) in [5.41, 5.74) is 1.19. The van der Waals surface area contributed by atoms with Crippen LogP contribution in [0.2, 0.25) is 0 Å². The molecule has 1 aromatic carbocycles. The van der Waals surface area contributed by atoms with Gasteiger partial charge in [0.05, 0.1) is 11.7 Å². The molecule has 2 aromatic rings. The number of benzene rings is 1. The normalized spacial score (nSPS) is 12.2. The fourth-order valence-corrected chi connectivity index (χ4v) is 3.71. The van der Waals surface area contributed by atoms with Gasteiger partial charge in [0.25, 0.3) is 0 Å². The summed E-state index contributed by atoms with van der Waals surface area (Å²) >= 11 is 0. The zero-order valence-corrected chi connectivity index (χ0v) is 11.0. The Labute approximate surface area is 97.4 Å². The molecule has 4 nitrogen and oxygen atoms in total. The molecule has 16 heavy (non-hydrogen) atoms. The van der Waals surface area contributed by atoms with E-state index in [0.717, 1.165) is 0 Å². The highest BCUT2D eigenvalue weighted by Crippen LogP contribution is 2.42. The molecule has 0 atom stereocenters. The number of fused-ring (bicyclic) bond motifs is 1. The van der Waals surface area contributed by atoms with Crippen LogP contribution in [0, 0.1) is 0 Å². The van der Waals surface area contributed by atoms with E-state index in [4.69, 9.17) is 0 Å². The van der Waals surface area contributed by atoms with Gasteiger partial charge in [0, 0.05) is 5.39 Å². The van der Waals surface area contributed by atoms with Crippen molar-refractivity contribution in [1.29, 1.82) is 0 Å². The van der Waals surface area contributed by atoms with E-state index < -0.39 is 8.37 Å². The van der Waals surface area contributed by atoms with Gasteiger partial charge in [-0.3, -0.25) is 9.34 Å². The predicted molar refractivity (Wildman–Crippen MR) is 69.4 cm³/mol. The molecule has 0 spiro atoms. The zero-order valence-electron chi connectivity index (χ0n) is 10.1. The van der Waals surface area contributed by atoms with Crippen molar-refractivity contribution in [2.24, 2.45) is 0 Å². The monoisotopic (exact) mass is 236 g/mol. The molecular weight excluding hydrogens is 219 g/mol.